The first-order valence-corrected chi connectivity index (χ1v) is 12.5. The lowest BCUT2D eigenvalue weighted by Crippen LogP contribution is -2.59. The first-order chi connectivity index (χ1) is 16.4. The van der Waals surface area contributed by atoms with E-state index >= 15 is 0 Å². The van der Waals surface area contributed by atoms with Gasteiger partial charge in [0.25, 0.3) is 6.43 Å². The number of ether oxygens (including phenoxy) is 1. The van der Waals surface area contributed by atoms with E-state index in [4.69, 9.17) is 16.3 Å². The minimum atomic E-state index is -2.72. The molecule has 3 aliphatic heterocycles. The summed E-state index contributed by atoms with van der Waals surface area (Å²) in [7, 11) is 0. The molecule has 0 amide bonds. The molecule has 1 aromatic heterocycles. The summed E-state index contributed by atoms with van der Waals surface area (Å²) in [5.41, 5.74) is 6.45. The van der Waals surface area contributed by atoms with Crippen molar-refractivity contribution in [2.24, 2.45) is 11.6 Å². The Hall–Kier alpha value is -2.28. The van der Waals surface area contributed by atoms with Crippen molar-refractivity contribution in [1.82, 2.24) is 29.7 Å². The van der Waals surface area contributed by atoms with Crippen molar-refractivity contribution in [3.05, 3.63) is 38.6 Å². The number of rotatable bonds is 6. The SMILES string of the molecule is N#CC1(NSC2=C/C(=C(/N)c3nnc(C(F)F)s3)N(N)C(N3CCN4CCOCC4C3)=C2)CC1. The fourth-order valence-corrected chi connectivity index (χ4v) is 5.65. The Morgan fingerprint density at radius 2 is 2.15 bits per heavy atom. The van der Waals surface area contributed by atoms with Gasteiger partial charge >= 0.3 is 0 Å². The smallest absolute Gasteiger partial charge is 0.291 e. The van der Waals surface area contributed by atoms with Crippen molar-refractivity contribution < 1.29 is 13.5 Å². The van der Waals surface area contributed by atoms with Crippen molar-refractivity contribution in [3.8, 4) is 6.07 Å². The van der Waals surface area contributed by atoms with Crippen LogP contribution in [0.1, 0.15) is 29.3 Å². The monoisotopic (exact) mass is 509 g/mol. The second-order valence-electron chi connectivity index (χ2n) is 8.57. The standard InChI is InChI=1S/C20H25F2N9OS2/c21-17(22)19-27-26-18(33-19)16(24)14-7-13(34-28-20(11-23)1-2-20)8-15(31(14)25)30-4-3-29-5-6-32-10-12(29)9-30/h7-8,12,17,28H,1-6,9-10,24-25H2/b16-14-. The molecule has 182 valence electrons. The molecule has 1 unspecified atom stereocenters. The number of morpholine rings is 1. The first kappa shape index (κ1) is 23.5. The van der Waals surface area contributed by atoms with Crippen LogP contribution in [0.2, 0.25) is 0 Å². The molecule has 10 nitrogen and oxygen atoms in total. The zero-order chi connectivity index (χ0) is 23.9. The molecule has 4 aliphatic rings. The molecule has 1 aromatic rings. The summed E-state index contributed by atoms with van der Waals surface area (Å²) in [6, 6.07) is 2.57. The van der Waals surface area contributed by atoms with E-state index in [1.54, 1.807) is 6.08 Å². The van der Waals surface area contributed by atoms with Gasteiger partial charge in [0.1, 0.15) is 11.4 Å². The number of nitrogens with one attached hydrogen (secondary N) is 1. The summed E-state index contributed by atoms with van der Waals surface area (Å²) in [5.74, 6) is 7.26. The maximum Gasteiger partial charge on any atom is 0.291 e. The predicted octanol–water partition coefficient (Wildman–Crippen LogP) is 1.33. The highest BCUT2D eigenvalue weighted by Gasteiger charge is 2.43. The third kappa shape index (κ3) is 4.64. The molecule has 0 spiro atoms. The van der Waals surface area contributed by atoms with E-state index < -0.39 is 17.0 Å². The number of nitrogens with two attached hydrogens (primary N) is 2. The van der Waals surface area contributed by atoms with Gasteiger partial charge in [0.05, 0.1) is 36.7 Å². The quantitative estimate of drug-likeness (QED) is 0.379. The van der Waals surface area contributed by atoms with Gasteiger partial charge in [0, 0.05) is 31.1 Å². The van der Waals surface area contributed by atoms with Crippen LogP contribution in [0, 0.1) is 11.3 Å². The lowest BCUT2D eigenvalue weighted by atomic mass is 10.1. The largest absolute Gasteiger partial charge is 0.394 e. The van der Waals surface area contributed by atoms with E-state index in [0.717, 1.165) is 67.7 Å². The van der Waals surface area contributed by atoms with Crippen molar-refractivity contribution >= 4 is 29.0 Å². The summed E-state index contributed by atoms with van der Waals surface area (Å²) >= 11 is 2.08. The maximum absolute atomic E-state index is 13.1. The summed E-state index contributed by atoms with van der Waals surface area (Å²) in [6.07, 6.45) is 2.58. The van der Waals surface area contributed by atoms with Crippen LogP contribution in [-0.4, -0.2) is 76.0 Å². The molecule has 14 heteroatoms. The molecule has 3 fully saturated rings. The van der Waals surface area contributed by atoms with Gasteiger partial charge in [-0.05, 0) is 36.9 Å². The van der Waals surface area contributed by atoms with Gasteiger partial charge < -0.3 is 15.4 Å². The molecule has 5 rings (SSSR count). The number of aromatic nitrogens is 2. The zero-order valence-corrected chi connectivity index (χ0v) is 19.9. The molecular formula is C20H25F2N9OS2. The van der Waals surface area contributed by atoms with Crippen LogP contribution < -0.4 is 16.3 Å². The Bertz CT molecular complexity index is 1080. The fraction of sp³-hybridized carbons (Fsp3) is 0.550. The first-order valence-electron chi connectivity index (χ1n) is 10.9. The van der Waals surface area contributed by atoms with E-state index in [2.05, 4.69) is 30.8 Å². The van der Waals surface area contributed by atoms with E-state index in [0.29, 0.717) is 12.3 Å². The number of hydrazine groups is 1. The molecule has 2 saturated heterocycles. The van der Waals surface area contributed by atoms with Crippen molar-refractivity contribution in [1.29, 1.82) is 5.26 Å². The Morgan fingerprint density at radius 1 is 1.32 bits per heavy atom. The van der Waals surface area contributed by atoms with Crippen LogP contribution in [0.25, 0.3) is 5.70 Å². The van der Waals surface area contributed by atoms with Crippen LogP contribution in [0.4, 0.5) is 8.78 Å². The maximum atomic E-state index is 13.1. The van der Waals surface area contributed by atoms with Crippen LogP contribution >= 0.6 is 23.3 Å². The number of fused-ring (bicyclic) bond motifs is 1. The summed E-state index contributed by atoms with van der Waals surface area (Å²) in [4.78, 5) is 5.40. The molecule has 4 heterocycles. The van der Waals surface area contributed by atoms with E-state index in [-0.39, 0.29) is 16.7 Å². The average Bonchev–Trinajstić information content (AvgIpc) is 3.46. The molecule has 0 aromatic carbocycles. The Kier molecular flexibility index (Phi) is 6.49. The van der Waals surface area contributed by atoms with E-state index in [1.165, 1.54) is 17.0 Å². The molecule has 1 saturated carbocycles. The second kappa shape index (κ2) is 9.40. The lowest BCUT2D eigenvalue weighted by molar-refractivity contribution is -0.0423. The van der Waals surface area contributed by atoms with Crippen LogP contribution in [0.5, 0.6) is 0 Å². The lowest BCUT2D eigenvalue weighted by Gasteiger charge is -2.47. The highest BCUT2D eigenvalue weighted by molar-refractivity contribution is 8.01. The van der Waals surface area contributed by atoms with Crippen molar-refractivity contribution in [3.63, 3.8) is 0 Å². The molecule has 1 aliphatic carbocycles. The Morgan fingerprint density at radius 3 is 2.85 bits per heavy atom. The van der Waals surface area contributed by atoms with Crippen molar-refractivity contribution in [2.45, 2.75) is 30.8 Å². The van der Waals surface area contributed by atoms with E-state index in [1.807, 2.05) is 6.08 Å². The topological polar surface area (TPSA) is 133 Å². The minimum Gasteiger partial charge on any atom is -0.394 e. The van der Waals surface area contributed by atoms with Gasteiger partial charge in [-0.2, -0.15) is 5.26 Å². The van der Waals surface area contributed by atoms with Gasteiger partial charge in [0.2, 0.25) is 0 Å². The number of nitrogens with zero attached hydrogens (tertiary/aromatic N) is 6. The third-order valence-corrected chi connectivity index (χ3v) is 8.21. The van der Waals surface area contributed by atoms with Crippen LogP contribution in [0.3, 0.4) is 0 Å². The number of halogens is 2. The fourth-order valence-electron chi connectivity index (χ4n) is 4.09. The average molecular weight is 510 g/mol. The Labute approximate surface area is 204 Å². The highest BCUT2D eigenvalue weighted by Crippen LogP contribution is 2.39. The number of hydrogen-bond donors (Lipinski definition) is 3. The van der Waals surface area contributed by atoms with Gasteiger partial charge in [-0.15, -0.1) is 10.2 Å². The van der Waals surface area contributed by atoms with Gasteiger partial charge in [-0.3, -0.25) is 9.91 Å². The minimum absolute atomic E-state index is 0.164. The molecule has 0 bridgehead atoms. The highest BCUT2D eigenvalue weighted by atomic mass is 32.2. The number of hydrogen-bond acceptors (Lipinski definition) is 12. The van der Waals surface area contributed by atoms with Crippen molar-refractivity contribution in [2.75, 3.05) is 39.4 Å². The molecule has 5 N–H and O–H groups in total. The molecule has 34 heavy (non-hydrogen) atoms. The predicted molar refractivity (Wildman–Crippen MR) is 124 cm³/mol. The molecule has 1 atom stereocenters. The molecular weight excluding hydrogens is 484 g/mol. The van der Waals surface area contributed by atoms with Gasteiger partial charge in [-0.1, -0.05) is 11.3 Å². The van der Waals surface area contributed by atoms with Gasteiger partial charge in [-0.25, -0.2) is 19.3 Å². The van der Waals surface area contributed by atoms with Crippen LogP contribution in [-0.2, 0) is 4.74 Å². The third-order valence-electron chi connectivity index (χ3n) is 6.28. The number of allylic oxidation sites excluding steroid dienone is 2. The van der Waals surface area contributed by atoms with E-state index in [9.17, 15) is 14.0 Å². The van der Waals surface area contributed by atoms with Crippen LogP contribution in [0.15, 0.2) is 28.6 Å². The summed E-state index contributed by atoms with van der Waals surface area (Å²) in [5, 5.41) is 18.1. The normalized spacial score (nSPS) is 26.0. The summed E-state index contributed by atoms with van der Waals surface area (Å²) in [6.45, 7) is 4.68. The van der Waals surface area contributed by atoms with Gasteiger partial charge in [0.15, 0.2) is 10.0 Å². The Balaban J connectivity index is 1.45. The number of alkyl halides is 2. The molecule has 0 radical (unpaired) electrons. The zero-order valence-electron chi connectivity index (χ0n) is 18.3. The second-order valence-corrected chi connectivity index (χ2v) is 10.5. The summed E-state index contributed by atoms with van der Waals surface area (Å²) < 4.78 is 35.0. The number of piperazine rings is 1. The number of nitriles is 1.